The van der Waals surface area contributed by atoms with Gasteiger partial charge in [-0.2, -0.15) is 0 Å². The summed E-state index contributed by atoms with van der Waals surface area (Å²) in [5.41, 5.74) is 0.988. The van der Waals surface area contributed by atoms with E-state index in [1.807, 2.05) is 0 Å². The van der Waals surface area contributed by atoms with Crippen molar-refractivity contribution >= 4 is 0 Å². The molecule has 5 saturated carbocycles. The standard InChI is InChI=1S/C15H14O/c1-2-4-15-11-7-5-6-8-9(7)13(15)16-12(8)14(15,3-1)10(6)11/h1-4,6-13H,5H2. The molecule has 2 spiro atoms. The first-order valence-corrected chi connectivity index (χ1v) is 6.94. The number of allylic oxidation sites excluding steroid dienone is 2. The Morgan fingerprint density at radius 1 is 0.875 bits per heavy atom. The van der Waals surface area contributed by atoms with Crippen LogP contribution in [-0.4, -0.2) is 12.2 Å². The van der Waals surface area contributed by atoms with E-state index in [1.165, 1.54) is 0 Å². The molecule has 0 aromatic heterocycles. The summed E-state index contributed by atoms with van der Waals surface area (Å²) in [4.78, 5) is 0. The van der Waals surface area contributed by atoms with Crippen LogP contribution < -0.4 is 0 Å². The van der Waals surface area contributed by atoms with Gasteiger partial charge in [-0.05, 0) is 41.9 Å². The normalized spacial score (nSPS) is 85.0. The predicted molar refractivity (Wildman–Crippen MR) is 57.4 cm³/mol. The maximum Gasteiger partial charge on any atom is 0.0717 e. The summed E-state index contributed by atoms with van der Waals surface area (Å²) in [6.45, 7) is 0. The minimum Gasteiger partial charge on any atom is -0.372 e. The fourth-order valence-electron chi connectivity index (χ4n) is 8.34. The third-order valence-corrected chi connectivity index (χ3v) is 7.93. The first-order chi connectivity index (χ1) is 7.91. The number of hydrogen-bond acceptors (Lipinski definition) is 1. The Balaban J connectivity index is 1.73. The van der Waals surface area contributed by atoms with E-state index in [0.29, 0.717) is 23.0 Å². The SMILES string of the molecule is C1=CC23C4OC5C6C7CC(C64)C2C7C53C=C1. The molecule has 0 radical (unpaired) electrons. The Labute approximate surface area is 94.5 Å². The van der Waals surface area contributed by atoms with E-state index in [9.17, 15) is 0 Å². The van der Waals surface area contributed by atoms with Crippen molar-refractivity contribution < 1.29 is 4.74 Å². The average Bonchev–Trinajstić information content (AvgIpc) is 2.93. The summed E-state index contributed by atoms with van der Waals surface area (Å²) in [7, 11) is 0. The van der Waals surface area contributed by atoms with Gasteiger partial charge in [-0.15, -0.1) is 0 Å². The fraction of sp³-hybridized carbons (Fsp3) is 0.733. The van der Waals surface area contributed by atoms with Crippen molar-refractivity contribution in [3.8, 4) is 0 Å². The highest BCUT2D eigenvalue weighted by atomic mass is 16.5. The molecule has 10 atom stereocenters. The van der Waals surface area contributed by atoms with Crippen LogP contribution in [0.1, 0.15) is 6.42 Å². The van der Waals surface area contributed by atoms with Crippen LogP contribution in [0.4, 0.5) is 0 Å². The van der Waals surface area contributed by atoms with Gasteiger partial charge in [0.05, 0.1) is 12.2 Å². The van der Waals surface area contributed by atoms with Gasteiger partial charge >= 0.3 is 0 Å². The third kappa shape index (κ3) is 0.314. The van der Waals surface area contributed by atoms with E-state index in [1.54, 1.807) is 6.42 Å². The van der Waals surface area contributed by atoms with Crippen LogP contribution >= 0.6 is 0 Å². The van der Waals surface area contributed by atoms with Gasteiger partial charge in [0, 0.05) is 10.8 Å². The molecule has 0 aromatic rings. The zero-order valence-corrected chi connectivity index (χ0v) is 9.04. The molecule has 0 aromatic carbocycles. The van der Waals surface area contributed by atoms with Crippen LogP contribution in [0, 0.1) is 46.3 Å². The summed E-state index contributed by atoms with van der Waals surface area (Å²) < 4.78 is 6.49. The molecule has 80 valence electrons. The molecule has 2 heterocycles. The number of ether oxygens (including phenoxy) is 1. The van der Waals surface area contributed by atoms with Crippen molar-refractivity contribution in [2.75, 3.05) is 0 Å². The zero-order valence-electron chi connectivity index (χ0n) is 9.04. The Kier molecular flexibility index (Phi) is 0.665. The maximum absolute atomic E-state index is 6.49. The minimum atomic E-state index is 0.494. The zero-order chi connectivity index (χ0) is 9.86. The van der Waals surface area contributed by atoms with E-state index in [4.69, 9.17) is 4.74 Å². The molecule has 2 aliphatic heterocycles. The van der Waals surface area contributed by atoms with Crippen LogP contribution in [0.2, 0.25) is 0 Å². The third-order valence-electron chi connectivity index (χ3n) is 7.93. The first-order valence-electron chi connectivity index (χ1n) is 6.94. The summed E-state index contributed by atoms with van der Waals surface area (Å²) in [6.07, 6.45) is 12.6. The van der Waals surface area contributed by atoms with Crippen molar-refractivity contribution in [1.82, 2.24) is 0 Å². The van der Waals surface area contributed by atoms with Gasteiger partial charge in [-0.25, -0.2) is 0 Å². The highest BCUT2D eigenvalue weighted by Crippen LogP contribution is 2.96. The summed E-state index contributed by atoms with van der Waals surface area (Å²) in [5.74, 6) is 6.12. The van der Waals surface area contributed by atoms with Crippen molar-refractivity contribution in [2.45, 2.75) is 18.6 Å². The highest BCUT2D eigenvalue weighted by Gasteiger charge is 2.98. The second-order valence-electron chi connectivity index (χ2n) is 7.33. The van der Waals surface area contributed by atoms with Crippen LogP contribution in [0.15, 0.2) is 24.3 Å². The van der Waals surface area contributed by atoms with Gasteiger partial charge in [0.2, 0.25) is 0 Å². The Morgan fingerprint density at radius 3 is 2.00 bits per heavy atom. The minimum absolute atomic E-state index is 0.494. The quantitative estimate of drug-likeness (QED) is 0.594. The molecule has 0 amide bonds. The first kappa shape index (κ1) is 7.00. The topological polar surface area (TPSA) is 9.23 Å². The van der Waals surface area contributed by atoms with Crippen LogP contribution in [0.5, 0.6) is 0 Å². The summed E-state index contributed by atoms with van der Waals surface area (Å²) in [5, 5.41) is 0. The van der Waals surface area contributed by atoms with E-state index < -0.39 is 0 Å². The molecule has 0 N–H and O–H groups in total. The molecule has 1 heteroatoms. The lowest BCUT2D eigenvalue weighted by Crippen LogP contribution is -2.63. The van der Waals surface area contributed by atoms with E-state index in [-0.39, 0.29) is 0 Å². The second kappa shape index (κ2) is 1.52. The number of rotatable bonds is 0. The molecule has 1 nitrogen and oxygen atoms in total. The van der Waals surface area contributed by atoms with Crippen LogP contribution in [0.25, 0.3) is 0 Å². The highest BCUT2D eigenvalue weighted by molar-refractivity contribution is 5.53. The van der Waals surface area contributed by atoms with Gasteiger partial charge < -0.3 is 4.74 Å². The van der Waals surface area contributed by atoms with Gasteiger partial charge in [0.25, 0.3) is 0 Å². The van der Waals surface area contributed by atoms with Crippen LogP contribution in [0.3, 0.4) is 0 Å². The Hall–Kier alpha value is -0.560. The van der Waals surface area contributed by atoms with E-state index >= 15 is 0 Å². The molecule has 8 rings (SSSR count). The smallest absolute Gasteiger partial charge is 0.0717 e. The number of hydrogen-bond donors (Lipinski definition) is 0. The van der Waals surface area contributed by atoms with Crippen molar-refractivity contribution in [3.63, 3.8) is 0 Å². The van der Waals surface area contributed by atoms with Crippen molar-refractivity contribution in [2.24, 2.45) is 46.3 Å². The summed E-state index contributed by atoms with van der Waals surface area (Å²) >= 11 is 0. The molecule has 6 aliphatic carbocycles. The van der Waals surface area contributed by atoms with Gasteiger partial charge in [0.1, 0.15) is 0 Å². The summed E-state index contributed by atoms with van der Waals surface area (Å²) in [6, 6.07) is 0. The molecule has 16 heavy (non-hydrogen) atoms. The lowest BCUT2D eigenvalue weighted by atomic mass is 9.39. The Morgan fingerprint density at radius 2 is 1.44 bits per heavy atom. The maximum atomic E-state index is 6.49. The average molecular weight is 210 g/mol. The molecule has 10 unspecified atom stereocenters. The molecule has 7 fully saturated rings. The predicted octanol–water partition coefficient (Wildman–Crippen LogP) is 2.01. The second-order valence-corrected chi connectivity index (χ2v) is 7.33. The van der Waals surface area contributed by atoms with Crippen LogP contribution in [-0.2, 0) is 4.74 Å². The monoisotopic (exact) mass is 210 g/mol. The van der Waals surface area contributed by atoms with Crippen molar-refractivity contribution in [3.05, 3.63) is 24.3 Å². The van der Waals surface area contributed by atoms with E-state index in [2.05, 4.69) is 24.3 Å². The fourth-order valence-corrected chi connectivity index (χ4v) is 8.34. The van der Waals surface area contributed by atoms with Gasteiger partial charge in [-0.1, -0.05) is 24.3 Å². The molecular formula is C15H14O. The molecule has 8 aliphatic rings. The lowest BCUT2D eigenvalue weighted by molar-refractivity contribution is -0.0942. The Bertz CT molecular complexity index is 480. The van der Waals surface area contributed by atoms with Gasteiger partial charge in [-0.3, -0.25) is 0 Å². The van der Waals surface area contributed by atoms with Crippen molar-refractivity contribution in [1.29, 1.82) is 0 Å². The largest absolute Gasteiger partial charge is 0.372 e. The lowest BCUT2D eigenvalue weighted by Gasteiger charge is -2.62. The van der Waals surface area contributed by atoms with E-state index in [0.717, 1.165) is 35.5 Å². The molecular weight excluding hydrogens is 196 g/mol. The molecule has 4 bridgehead atoms. The van der Waals surface area contributed by atoms with Gasteiger partial charge in [0.15, 0.2) is 0 Å². The molecule has 2 saturated heterocycles.